The molecular weight excluding hydrogens is 253 g/mol. The Morgan fingerprint density at radius 1 is 1.62 bits per heavy atom. The van der Waals surface area contributed by atoms with Gasteiger partial charge in [-0.15, -0.1) is 0 Å². The summed E-state index contributed by atoms with van der Waals surface area (Å²) in [7, 11) is 0. The van der Waals surface area contributed by atoms with E-state index in [-0.39, 0.29) is 0 Å². The van der Waals surface area contributed by atoms with Crippen molar-refractivity contribution in [1.29, 1.82) is 0 Å². The van der Waals surface area contributed by atoms with Crippen molar-refractivity contribution in [3.63, 3.8) is 0 Å². The molecule has 70 valence electrons. The van der Waals surface area contributed by atoms with E-state index in [2.05, 4.69) is 15.9 Å². The van der Waals surface area contributed by atoms with Crippen molar-refractivity contribution in [3.8, 4) is 0 Å². The molecule has 0 aliphatic heterocycles. The summed E-state index contributed by atoms with van der Waals surface area (Å²) in [6, 6.07) is 3.30. The number of primary amides is 1. The molecular formula is C9H9BrClNO. The lowest BCUT2D eigenvalue weighted by Gasteiger charge is -2.07. The van der Waals surface area contributed by atoms with Gasteiger partial charge < -0.3 is 5.73 Å². The van der Waals surface area contributed by atoms with Gasteiger partial charge in [-0.25, -0.2) is 0 Å². The van der Waals surface area contributed by atoms with Gasteiger partial charge in [-0.2, -0.15) is 0 Å². The second kappa shape index (κ2) is 4.11. The van der Waals surface area contributed by atoms with Gasteiger partial charge in [0.05, 0.1) is 5.56 Å². The summed E-state index contributed by atoms with van der Waals surface area (Å²) in [5.74, 6) is -0.446. The van der Waals surface area contributed by atoms with Crippen LogP contribution >= 0.6 is 27.5 Å². The highest BCUT2D eigenvalue weighted by Crippen LogP contribution is 2.28. The van der Waals surface area contributed by atoms with E-state index in [9.17, 15) is 4.79 Å². The Bertz CT molecular complexity index is 352. The fourth-order valence-corrected chi connectivity index (χ4v) is 2.34. The minimum atomic E-state index is -0.446. The molecule has 0 bridgehead atoms. The largest absolute Gasteiger partial charge is 0.366 e. The zero-order valence-electron chi connectivity index (χ0n) is 7.10. The van der Waals surface area contributed by atoms with Crippen molar-refractivity contribution in [2.75, 3.05) is 0 Å². The zero-order valence-corrected chi connectivity index (χ0v) is 9.45. The third-order valence-electron chi connectivity index (χ3n) is 1.81. The van der Waals surface area contributed by atoms with Crippen LogP contribution in [0.5, 0.6) is 0 Å². The SMILES string of the molecule is CCc1c(Cl)ccc(C(N)=O)c1Br. The first kappa shape index (κ1) is 10.5. The second-order valence-corrected chi connectivity index (χ2v) is 3.81. The van der Waals surface area contributed by atoms with Crippen LogP contribution in [-0.2, 0) is 6.42 Å². The number of halogens is 2. The number of hydrogen-bond donors (Lipinski definition) is 1. The highest BCUT2D eigenvalue weighted by atomic mass is 79.9. The average molecular weight is 263 g/mol. The third kappa shape index (κ3) is 2.03. The molecule has 1 amide bonds. The first-order chi connectivity index (χ1) is 6.07. The molecule has 1 aromatic carbocycles. The maximum absolute atomic E-state index is 11.0. The fourth-order valence-electron chi connectivity index (χ4n) is 1.11. The lowest BCUT2D eigenvalue weighted by molar-refractivity contribution is 0.0999. The second-order valence-electron chi connectivity index (χ2n) is 2.61. The van der Waals surface area contributed by atoms with E-state index in [1.165, 1.54) is 0 Å². The first-order valence-corrected chi connectivity index (χ1v) is 5.01. The summed E-state index contributed by atoms with van der Waals surface area (Å²) in [6.07, 6.45) is 0.764. The molecule has 0 aliphatic carbocycles. The third-order valence-corrected chi connectivity index (χ3v) is 3.06. The number of hydrogen-bond acceptors (Lipinski definition) is 1. The molecule has 13 heavy (non-hydrogen) atoms. The number of carbonyl (C=O) groups excluding carboxylic acids is 1. The van der Waals surface area contributed by atoms with Crippen LogP contribution in [0, 0.1) is 0 Å². The van der Waals surface area contributed by atoms with Crippen LogP contribution in [0.15, 0.2) is 16.6 Å². The standard InChI is InChI=1S/C9H9BrClNO/c1-2-5-7(11)4-3-6(8(5)10)9(12)13/h3-4H,2H2,1H3,(H2,12,13). The highest BCUT2D eigenvalue weighted by Gasteiger charge is 2.11. The van der Waals surface area contributed by atoms with Gasteiger partial charge in [0, 0.05) is 9.50 Å². The topological polar surface area (TPSA) is 43.1 Å². The van der Waals surface area contributed by atoms with E-state index in [0.29, 0.717) is 15.1 Å². The average Bonchev–Trinajstić information content (AvgIpc) is 2.04. The summed E-state index contributed by atoms with van der Waals surface area (Å²) in [5, 5.41) is 0.652. The molecule has 0 heterocycles. The van der Waals surface area contributed by atoms with Gasteiger partial charge in [0.1, 0.15) is 0 Å². The van der Waals surface area contributed by atoms with E-state index in [1.807, 2.05) is 6.92 Å². The summed E-state index contributed by atoms with van der Waals surface area (Å²) in [5.41, 5.74) is 6.56. The van der Waals surface area contributed by atoms with Crippen LogP contribution in [0.4, 0.5) is 0 Å². The number of amides is 1. The van der Waals surface area contributed by atoms with Gasteiger partial charge in [0.15, 0.2) is 0 Å². The molecule has 0 unspecified atom stereocenters. The van der Waals surface area contributed by atoms with Gasteiger partial charge in [0.2, 0.25) is 5.91 Å². The van der Waals surface area contributed by atoms with Crippen LogP contribution in [0.1, 0.15) is 22.8 Å². The van der Waals surface area contributed by atoms with Crippen LogP contribution in [0.25, 0.3) is 0 Å². The first-order valence-electron chi connectivity index (χ1n) is 3.84. The molecule has 0 saturated heterocycles. The Morgan fingerprint density at radius 2 is 2.23 bits per heavy atom. The van der Waals surface area contributed by atoms with Crippen molar-refractivity contribution in [2.24, 2.45) is 5.73 Å². The van der Waals surface area contributed by atoms with Crippen LogP contribution < -0.4 is 5.73 Å². The molecule has 0 saturated carbocycles. The quantitative estimate of drug-likeness (QED) is 0.875. The Labute approximate surface area is 90.2 Å². The zero-order chi connectivity index (χ0) is 10.0. The minimum absolute atomic E-state index is 0.446. The number of nitrogens with two attached hydrogens (primary N) is 1. The molecule has 0 spiro atoms. The van der Waals surface area contributed by atoms with Crippen molar-refractivity contribution in [3.05, 3.63) is 32.8 Å². The lowest BCUT2D eigenvalue weighted by atomic mass is 10.1. The van der Waals surface area contributed by atoms with Crippen molar-refractivity contribution < 1.29 is 4.79 Å². The minimum Gasteiger partial charge on any atom is -0.366 e. The van der Waals surface area contributed by atoms with Crippen molar-refractivity contribution in [2.45, 2.75) is 13.3 Å². The predicted octanol–water partition coefficient (Wildman–Crippen LogP) is 2.76. The fraction of sp³-hybridized carbons (Fsp3) is 0.222. The van der Waals surface area contributed by atoms with Crippen LogP contribution in [0.3, 0.4) is 0 Å². The Kier molecular flexibility index (Phi) is 3.33. The molecule has 1 rings (SSSR count). The summed E-state index contributed by atoms with van der Waals surface area (Å²) in [6.45, 7) is 1.97. The summed E-state index contributed by atoms with van der Waals surface area (Å²) < 4.78 is 0.704. The van der Waals surface area contributed by atoms with E-state index < -0.39 is 5.91 Å². The molecule has 4 heteroatoms. The lowest BCUT2D eigenvalue weighted by Crippen LogP contribution is -2.12. The normalized spacial score (nSPS) is 10.1. The summed E-state index contributed by atoms with van der Waals surface area (Å²) in [4.78, 5) is 11.0. The predicted molar refractivity (Wildman–Crippen MR) is 57.0 cm³/mol. The molecule has 0 radical (unpaired) electrons. The Balaban J connectivity index is 3.35. The van der Waals surface area contributed by atoms with Crippen molar-refractivity contribution in [1.82, 2.24) is 0 Å². The van der Waals surface area contributed by atoms with Crippen LogP contribution in [-0.4, -0.2) is 5.91 Å². The number of benzene rings is 1. The maximum atomic E-state index is 11.0. The van der Waals surface area contributed by atoms with E-state index in [1.54, 1.807) is 12.1 Å². The van der Waals surface area contributed by atoms with Gasteiger partial charge >= 0.3 is 0 Å². The smallest absolute Gasteiger partial charge is 0.249 e. The molecule has 0 fully saturated rings. The monoisotopic (exact) mass is 261 g/mol. The molecule has 1 aromatic rings. The van der Waals surface area contributed by atoms with Gasteiger partial charge in [0.25, 0.3) is 0 Å². The highest BCUT2D eigenvalue weighted by molar-refractivity contribution is 9.10. The van der Waals surface area contributed by atoms with Crippen molar-refractivity contribution >= 4 is 33.4 Å². The molecule has 2 nitrogen and oxygen atoms in total. The van der Waals surface area contributed by atoms with Crippen LogP contribution in [0.2, 0.25) is 5.02 Å². The Hall–Kier alpha value is -0.540. The number of rotatable bonds is 2. The van der Waals surface area contributed by atoms with E-state index in [0.717, 1.165) is 12.0 Å². The van der Waals surface area contributed by atoms with Gasteiger partial charge in [-0.05, 0) is 40.0 Å². The van der Waals surface area contributed by atoms with Gasteiger partial charge in [-0.3, -0.25) is 4.79 Å². The number of carbonyl (C=O) groups is 1. The molecule has 0 aliphatic rings. The molecule has 2 N–H and O–H groups in total. The maximum Gasteiger partial charge on any atom is 0.249 e. The summed E-state index contributed by atoms with van der Waals surface area (Å²) >= 11 is 9.23. The molecule has 0 aromatic heterocycles. The van der Waals surface area contributed by atoms with E-state index >= 15 is 0 Å². The Morgan fingerprint density at radius 3 is 2.69 bits per heavy atom. The molecule has 0 atom stereocenters. The van der Waals surface area contributed by atoms with Gasteiger partial charge in [-0.1, -0.05) is 18.5 Å². The van der Waals surface area contributed by atoms with E-state index in [4.69, 9.17) is 17.3 Å².